The molecule has 2 rings (SSSR count). The molecule has 0 saturated heterocycles. The van der Waals surface area contributed by atoms with Crippen LogP contribution in [-0.2, 0) is 6.42 Å². The van der Waals surface area contributed by atoms with Crippen molar-refractivity contribution in [3.05, 3.63) is 50.5 Å². The molecule has 1 aromatic heterocycles. The van der Waals surface area contributed by atoms with Gasteiger partial charge in [0.25, 0.3) is 5.69 Å². The van der Waals surface area contributed by atoms with E-state index in [9.17, 15) is 10.1 Å². The van der Waals surface area contributed by atoms with Gasteiger partial charge in [-0.15, -0.1) is 0 Å². The van der Waals surface area contributed by atoms with Crippen molar-refractivity contribution in [3.8, 4) is 0 Å². The number of benzene rings is 1. The summed E-state index contributed by atoms with van der Waals surface area (Å²) < 4.78 is 1.73. The first-order chi connectivity index (χ1) is 9.11. The number of aryl methyl sites for hydroxylation is 1. The normalized spacial score (nSPS) is 11.0. The number of nitro benzene ring substituents is 1. The molecule has 19 heavy (non-hydrogen) atoms. The Bertz CT molecular complexity index is 688. The van der Waals surface area contributed by atoms with Crippen LogP contribution in [0.5, 0.6) is 0 Å². The summed E-state index contributed by atoms with van der Waals surface area (Å²) in [6, 6.07) is 5.00. The molecule has 7 nitrogen and oxygen atoms in total. The molecule has 1 heterocycles. The van der Waals surface area contributed by atoms with Gasteiger partial charge in [-0.1, -0.05) is 19.1 Å². The second-order valence-corrected chi connectivity index (χ2v) is 4.14. The van der Waals surface area contributed by atoms with Gasteiger partial charge in [-0.3, -0.25) is 15.2 Å². The van der Waals surface area contributed by atoms with Gasteiger partial charge in [0.05, 0.1) is 11.1 Å². The predicted molar refractivity (Wildman–Crippen MR) is 72.9 cm³/mol. The van der Waals surface area contributed by atoms with E-state index in [1.165, 1.54) is 23.3 Å². The van der Waals surface area contributed by atoms with Crippen molar-refractivity contribution < 1.29 is 4.92 Å². The summed E-state index contributed by atoms with van der Waals surface area (Å²) in [7, 11) is 0. The summed E-state index contributed by atoms with van der Waals surface area (Å²) in [4.78, 5) is 10.6. The van der Waals surface area contributed by atoms with Crippen molar-refractivity contribution in [1.82, 2.24) is 14.9 Å². The molecule has 0 saturated carbocycles. The van der Waals surface area contributed by atoms with Gasteiger partial charge < -0.3 is 0 Å². The number of aromatic amines is 1. The minimum Gasteiger partial charge on any atom is -0.258 e. The lowest BCUT2D eigenvalue weighted by molar-refractivity contribution is -0.385. The van der Waals surface area contributed by atoms with Crippen LogP contribution in [0.2, 0.25) is 0 Å². The van der Waals surface area contributed by atoms with E-state index >= 15 is 0 Å². The molecule has 0 atom stereocenters. The SMILES string of the molecule is CCc1ccc(/C=N\n2cn[nH]c2=S)cc1[N+](=O)[O-]. The summed E-state index contributed by atoms with van der Waals surface area (Å²) in [5.41, 5.74) is 1.43. The topological polar surface area (TPSA) is 89.1 Å². The zero-order valence-corrected chi connectivity index (χ0v) is 10.9. The Morgan fingerprint density at radius 2 is 2.42 bits per heavy atom. The smallest absolute Gasteiger partial charge is 0.258 e. The number of nitro groups is 1. The molecule has 8 heteroatoms. The molecule has 0 fully saturated rings. The molecule has 0 aliphatic rings. The van der Waals surface area contributed by atoms with Gasteiger partial charge in [0.2, 0.25) is 4.77 Å². The highest BCUT2D eigenvalue weighted by Gasteiger charge is 2.12. The van der Waals surface area contributed by atoms with Crippen LogP contribution >= 0.6 is 12.2 Å². The molecule has 0 aliphatic heterocycles. The van der Waals surface area contributed by atoms with Gasteiger partial charge in [-0.2, -0.15) is 14.9 Å². The van der Waals surface area contributed by atoms with Gasteiger partial charge in [0.15, 0.2) is 0 Å². The van der Waals surface area contributed by atoms with Crippen LogP contribution in [0.3, 0.4) is 0 Å². The number of nitrogens with zero attached hydrogens (tertiary/aromatic N) is 4. The highest BCUT2D eigenvalue weighted by atomic mass is 32.1. The van der Waals surface area contributed by atoms with Crippen LogP contribution in [0.4, 0.5) is 5.69 Å². The van der Waals surface area contributed by atoms with Gasteiger partial charge >= 0.3 is 0 Å². The number of aromatic nitrogens is 3. The first-order valence-electron chi connectivity index (χ1n) is 5.55. The van der Waals surface area contributed by atoms with E-state index in [0.717, 1.165) is 0 Å². The zero-order chi connectivity index (χ0) is 13.8. The van der Waals surface area contributed by atoms with Crippen LogP contribution in [-0.4, -0.2) is 26.0 Å². The monoisotopic (exact) mass is 277 g/mol. The van der Waals surface area contributed by atoms with E-state index in [4.69, 9.17) is 12.2 Å². The van der Waals surface area contributed by atoms with Crippen molar-refractivity contribution >= 4 is 24.1 Å². The van der Waals surface area contributed by atoms with E-state index < -0.39 is 0 Å². The standard InChI is InChI=1S/C11H11N5O2S/c1-2-9-4-3-8(5-10(9)16(17)18)6-13-15-7-12-14-11(15)19/h3-7H,2H2,1H3,(H,14,19)/b13-6-. The lowest BCUT2D eigenvalue weighted by Crippen LogP contribution is -1.96. The third-order valence-corrected chi connectivity index (χ3v) is 2.83. The number of hydrogen-bond donors (Lipinski definition) is 1. The van der Waals surface area contributed by atoms with Crippen LogP contribution in [0.15, 0.2) is 29.6 Å². The Morgan fingerprint density at radius 3 is 3.00 bits per heavy atom. The maximum atomic E-state index is 10.9. The lowest BCUT2D eigenvalue weighted by Gasteiger charge is -2.00. The minimum absolute atomic E-state index is 0.0993. The summed E-state index contributed by atoms with van der Waals surface area (Å²) >= 11 is 4.93. The molecule has 1 aromatic carbocycles. The molecule has 0 aliphatic carbocycles. The Labute approximate surface area is 113 Å². The van der Waals surface area contributed by atoms with E-state index in [0.29, 0.717) is 22.3 Å². The van der Waals surface area contributed by atoms with Crippen LogP contribution in [0.1, 0.15) is 18.1 Å². The van der Waals surface area contributed by atoms with Crippen LogP contribution < -0.4 is 0 Å². The highest BCUT2D eigenvalue weighted by Crippen LogP contribution is 2.20. The fraction of sp³-hybridized carbons (Fsp3) is 0.182. The molecule has 98 valence electrons. The summed E-state index contributed by atoms with van der Waals surface area (Å²) in [6.07, 6.45) is 3.53. The van der Waals surface area contributed by atoms with Gasteiger partial charge in [-0.25, -0.2) is 0 Å². The van der Waals surface area contributed by atoms with Gasteiger partial charge in [0.1, 0.15) is 6.33 Å². The lowest BCUT2D eigenvalue weighted by atomic mass is 10.1. The summed E-state index contributed by atoms with van der Waals surface area (Å²) in [5, 5.41) is 21.3. The second kappa shape index (κ2) is 5.53. The molecular formula is C11H11N5O2S. The Morgan fingerprint density at radius 1 is 1.63 bits per heavy atom. The first kappa shape index (κ1) is 13.1. The first-order valence-corrected chi connectivity index (χ1v) is 5.96. The quantitative estimate of drug-likeness (QED) is 0.402. The maximum Gasteiger partial charge on any atom is 0.273 e. The predicted octanol–water partition coefficient (Wildman–Crippen LogP) is 2.29. The van der Waals surface area contributed by atoms with Crippen molar-refractivity contribution in [2.75, 3.05) is 0 Å². The van der Waals surface area contributed by atoms with Gasteiger partial charge in [-0.05, 0) is 18.6 Å². The van der Waals surface area contributed by atoms with E-state index in [-0.39, 0.29) is 10.6 Å². The van der Waals surface area contributed by atoms with Crippen molar-refractivity contribution in [1.29, 1.82) is 0 Å². The van der Waals surface area contributed by atoms with Crippen LogP contribution in [0.25, 0.3) is 0 Å². The number of rotatable bonds is 4. The maximum absolute atomic E-state index is 10.9. The molecule has 0 bridgehead atoms. The molecule has 1 N–H and O–H groups in total. The second-order valence-electron chi connectivity index (χ2n) is 3.75. The average Bonchev–Trinajstić information content (AvgIpc) is 2.81. The number of nitrogens with one attached hydrogen (secondary N) is 1. The molecule has 0 spiro atoms. The molecule has 0 unspecified atom stereocenters. The Hall–Kier alpha value is -2.35. The summed E-state index contributed by atoms with van der Waals surface area (Å²) in [5.74, 6) is 0. The Kier molecular flexibility index (Phi) is 3.81. The molecule has 0 radical (unpaired) electrons. The number of H-pyrrole nitrogens is 1. The minimum atomic E-state index is -0.389. The summed E-state index contributed by atoms with van der Waals surface area (Å²) in [6.45, 7) is 1.88. The van der Waals surface area contributed by atoms with E-state index in [1.807, 2.05) is 6.92 Å². The van der Waals surface area contributed by atoms with Crippen molar-refractivity contribution in [2.24, 2.45) is 5.10 Å². The van der Waals surface area contributed by atoms with E-state index in [2.05, 4.69) is 15.3 Å². The largest absolute Gasteiger partial charge is 0.273 e. The highest BCUT2D eigenvalue weighted by molar-refractivity contribution is 7.71. The third kappa shape index (κ3) is 2.91. The molecule has 2 aromatic rings. The van der Waals surface area contributed by atoms with Gasteiger partial charge in [0, 0.05) is 17.2 Å². The van der Waals surface area contributed by atoms with Crippen molar-refractivity contribution in [3.63, 3.8) is 0 Å². The fourth-order valence-corrected chi connectivity index (χ4v) is 1.73. The molecular weight excluding hydrogens is 266 g/mol. The fourth-order valence-electron chi connectivity index (χ4n) is 1.58. The Balaban J connectivity index is 2.34. The van der Waals surface area contributed by atoms with E-state index in [1.54, 1.807) is 12.1 Å². The average molecular weight is 277 g/mol. The zero-order valence-electron chi connectivity index (χ0n) is 10.1. The molecule has 0 amide bonds. The van der Waals surface area contributed by atoms with Crippen molar-refractivity contribution in [2.45, 2.75) is 13.3 Å². The number of hydrogen-bond acceptors (Lipinski definition) is 5. The third-order valence-electron chi connectivity index (χ3n) is 2.55. The van der Waals surface area contributed by atoms with Crippen LogP contribution in [0, 0.1) is 14.9 Å².